The molecule has 1 aromatic rings. The van der Waals surface area contributed by atoms with E-state index < -0.39 is 30.5 Å². The Kier molecular flexibility index (Phi) is 5.72. The van der Waals surface area contributed by atoms with Gasteiger partial charge in [-0.2, -0.15) is 0 Å². The van der Waals surface area contributed by atoms with Gasteiger partial charge in [0.2, 0.25) is 0 Å². The van der Waals surface area contributed by atoms with Crippen LogP contribution in [0.2, 0.25) is 0 Å². The predicted molar refractivity (Wildman–Crippen MR) is 79.7 cm³/mol. The quantitative estimate of drug-likeness (QED) is 0.633. The minimum atomic E-state index is -1.15. The zero-order valence-electron chi connectivity index (χ0n) is 12.5. The molecule has 0 aliphatic carbocycles. The van der Waals surface area contributed by atoms with Gasteiger partial charge in [-0.15, -0.1) is 0 Å². The van der Waals surface area contributed by atoms with E-state index in [0.29, 0.717) is 6.42 Å². The summed E-state index contributed by atoms with van der Waals surface area (Å²) in [7, 11) is 0. The molecule has 0 saturated carbocycles. The van der Waals surface area contributed by atoms with E-state index in [1.165, 1.54) is 5.56 Å². The van der Waals surface area contributed by atoms with Gasteiger partial charge in [0, 0.05) is 12.6 Å². The lowest BCUT2D eigenvalue weighted by molar-refractivity contribution is -0.219. The van der Waals surface area contributed by atoms with Crippen molar-refractivity contribution >= 4 is 0 Å². The van der Waals surface area contributed by atoms with Crippen molar-refractivity contribution in [1.82, 2.24) is 5.32 Å². The Labute approximate surface area is 125 Å². The molecule has 0 spiro atoms. The smallest absolute Gasteiger partial charge is 0.111 e. The molecule has 0 radical (unpaired) electrons. The van der Waals surface area contributed by atoms with E-state index in [-0.39, 0.29) is 6.04 Å². The Morgan fingerprint density at radius 3 is 2.43 bits per heavy atom. The van der Waals surface area contributed by atoms with Gasteiger partial charge >= 0.3 is 0 Å². The molecule has 1 fully saturated rings. The Hall–Kier alpha value is -0.980. The first-order valence-electron chi connectivity index (χ1n) is 7.46. The number of ether oxygens (including phenoxy) is 1. The van der Waals surface area contributed by atoms with Crippen LogP contribution in [0.1, 0.15) is 25.8 Å². The zero-order valence-corrected chi connectivity index (χ0v) is 12.5. The monoisotopic (exact) mass is 295 g/mol. The van der Waals surface area contributed by atoms with E-state index in [0.717, 1.165) is 6.54 Å². The molecular formula is C16H25NO4. The first kappa shape index (κ1) is 16.4. The van der Waals surface area contributed by atoms with Gasteiger partial charge in [0.25, 0.3) is 0 Å². The molecule has 1 aliphatic rings. The van der Waals surface area contributed by atoms with Crippen LogP contribution in [0.25, 0.3) is 0 Å². The maximum Gasteiger partial charge on any atom is 0.111 e. The highest BCUT2D eigenvalue weighted by Crippen LogP contribution is 2.23. The largest absolute Gasteiger partial charge is 0.388 e. The fourth-order valence-electron chi connectivity index (χ4n) is 2.65. The third kappa shape index (κ3) is 4.25. The molecule has 1 unspecified atom stereocenters. The minimum Gasteiger partial charge on any atom is -0.388 e. The van der Waals surface area contributed by atoms with Crippen molar-refractivity contribution in [3.05, 3.63) is 35.9 Å². The molecule has 1 aliphatic heterocycles. The second-order valence-corrected chi connectivity index (χ2v) is 5.85. The number of hydrogen-bond acceptors (Lipinski definition) is 5. The molecule has 0 aromatic heterocycles. The average Bonchev–Trinajstić information content (AvgIpc) is 2.49. The second-order valence-electron chi connectivity index (χ2n) is 5.85. The molecule has 1 heterocycles. The Morgan fingerprint density at radius 1 is 1.10 bits per heavy atom. The highest BCUT2D eigenvalue weighted by atomic mass is 16.5. The van der Waals surface area contributed by atoms with E-state index in [4.69, 9.17) is 4.74 Å². The number of hydrogen-bond donors (Lipinski definition) is 4. The van der Waals surface area contributed by atoms with Crippen LogP contribution >= 0.6 is 0 Å². The van der Waals surface area contributed by atoms with Gasteiger partial charge in [-0.25, -0.2) is 0 Å². The number of aliphatic hydroxyl groups excluding tert-OH is 3. The first-order chi connectivity index (χ1) is 9.99. The molecule has 5 nitrogen and oxygen atoms in total. The highest BCUT2D eigenvalue weighted by molar-refractivity contribution is 5.14. The molecule has 1 saturated heterocycles. The standard InChI is InChI=1S/C16H25NO4/c1-10(17-9-12-6-4-3-5-7-12)8-13-15(19)16(20)14(18)11(2)21-13/h3-7,10-11,13-20H,8-9H2,1-2H3/t10?,11-,13-,14-,15-,16+/m0/s1. The lowest BCUT2D eigenvalue weighted by Crippen LogP contribution is -2.57. The molecule has 1 aromatic carbocycles. The van der Waals surface area contributed by atoms with Crippen molar-refractivity contribution in [2.24, 2.45) is 0 Å². The molecule has 21 heavy (non-hydrogen) atoms. The molecule has 5 heteroatoms. The van der Waals surface area contributed by atoms with Crippen LogP contribution in [0.15, 0.2) is 30.3 Å². The SMILES string of the molecule is CC(C[C@@H]1O[C@@H](C)[C@H](O)[C@@H](O)[C@H]1O)NCc1ccccc1. The van der Waals surface area contributed by atoms with Gasteiger partial charge in [0.15, 0.2) is 0 Å². The summed E-state index contributed by atoms with van der Waals surface area (Å²) in [4.78, 5) is 0. The van der Waals surface area contributed by atoms with Gasteiger partial charge in [0.1, 0.15) is 18.3 Å². The summed E-state index contributed by atoms with van der Waals surface area (Å²) in [6.45, 7) is 4.46. The van der Waals surface area contributed by atoms with Crippen LogP contribution in [-0.4, -0.2) is 51.9 Å². The minimum absolute atomic E-state index is 0.125. The highest BCUT2D eigenvalue weighted by Gasteiger charge is 2.41. The Balaban J connectivity index is 1.83. The lowest BCUT2D eigenvalue weighted by atomic mass is 9.92. The third-order valence-electron chi connectivity index (χ3n) is 4.03. The summed E-state index contributed by atoms with van der Waals surface area (Å²) in [5, 5.41) is 32.8. The summed E-state index contributed by atoms with van der Waals surface area (Å²) in [6, 6.07) is 10.2. The van der Waals surface area contributed by atoms with Crippen molar-refractivity contribution in [1.29, 1.82) is 0 Å². The van der Waals surface area contributed by atoms with Crippen LogP contribution in [0.3, 0.4) is 0 Å². The van der Waals surface area contributed by atoms with Crippen molar-refractivity contribution in [2.45, 2.75) is 63.4 Å². The lowest BCUT2D eigenvalue weighted by Gasteiger charge is -2.40. The van der Waals surface area contributed by atoms with Crippen LogP contribution in [0, 0.1) is 0 Å². The zero-order chi connectivity index (χ0) is 15.4. The van der Waals surface area contributed by atoms with Crippen LogP contribution in [0.4, 0.5) is 0 Å². The normalized spacial score (nSPS) is 34.6. The fraction of sp³-hybridized carbons (Fsp3) is 0.625. The number of nitrogens with one attached hydrogen (secondary N) is 1. The van der Waals surface area contributed by atoms with Crippen molar-refractivity contribution in [3.8, 4) is 0 Å². The number of rotatable bonds is 5. The van der Waals surface area contributed by atoms with Gasteiger partial charge in [-0.3, -0.25) is 0 Å². The molecule has 6 atom stereocenters. The Bertz CT molecular complexity index is 428. The summed E-state index contributed by atoms with van der Waals surface area (Å²) in [5.41, 5.74) is 1.19. The summed E-state index contributed by atoms with van der Waals surface area (Å²) < 4.78 is 5.60. The molecule has 118 valence electrons. The fourth-order valence-corrected chi connectivity index (χ4v) is 2.65. The maximum atomic E-state index is 10.00. The molecule has 4 N–H and O–H groups in total. The van der Waals surface area contributed by atoms with Crippen molar-refractivity contribution < 1.29 is 20.1 Å². The molecule has 2 rings (SSSR count). The van der Waals surface area contributed by atoms with Gasteiger partial charge in [-0.05, 0) is 25.8 Å². The number of benzene rings is 1. The van der Waals surface area contributed by atoms with Gasteiger partial charge in [-0.1, -0.05) is 30.3 Å². The number of aliphatic hydroxyl groups is 3. The van der Waals surface area contributed by atoms with E-state index >= 15 is 0 Å². The molecule has 0 bridgehead atoms. The van der Waals surface area contributed by atoms with Crippen LogP contribution in [0.5, 0.6) is 0 Å². The Morgan fingerprint density at radius 2 is 1.76 bits per heavy atom. The van der Waals surface area contributed by atoms with Crippen LogP contribution < -0.4 is 5.32 Å². The van der Waals surface area contributed by atoms with E-state index in [1.807, 2.05) is 37.3 Å². The predicted octanol–water partition coefficient (Wildman–Crippen LogP) is 0.425. The van der Waals surface area contributed by atoms with E-state index in [9.17, 15) is 15.3 Å². The van der Waals surface area contributed by atoms with Crippen LogP contribution in [-0.2, 0) is 11.3 Å². The topological polar surface area (TPSA) is 82.0 Å². The van der Waals surface area contributed by atoms with E-state index in [2.05, 4.69) is 5.32 Å². The molecule has 0 amide bonds. The third-order valence-corrected chi connectivity index (χ3v) is 4.03. The summed E-state index contributed by atoms with van der Waals surface area (Å²) in [5.74, 6) is 0. The summed E-state index contributed by atoms with van der Waals surface area (Å²) >= 11 is 0. The summed E-state index contributed by atoms with van der Waals surface area (Å²) in [6.07, 6.45) is -3.63. The van der Waals surface area contributed by atoms with Gasteiger partial charge in [0.05, 0.1) is 12.2 Å². The second kappa shape index (κ2) is 7.33. The van der Waals surface area contributed by atoms with Crippen molar-refractivity contribution in [2.75, 3.05) is 0 Å². The average molecular weight is 295 g/mol. The first-order valence-corrected chi connectivity index (χ1v) is 7.46. The van der Waals surface area contributed by atoms with E-state index in [1.54, 1.807) is 6.92 Å². The maximum absolute atomic E-state index is 10.00. The van der Waals surface area contributed by atoms with Crippen molar-refractivity contribution in [3.63, 3.8) is 0 Å². The molecular weight excluding hydrogens is 270 g/mol. The van der Waals surface area contributed by atoms with Gasteiger partial charge < -0.3 is 25.4 Å².